The highest BCUT2D eigenvalue weighted by atomic mass is 14.3. The Bertz CT molecular complexity index is 161. The fourth-order valence-electron chi connectivity index (χ4n) is 0.418. The summed E-state index contributed by atoms with van der Waals surface area (Å²) >= 11 is 0. The normalized spacial score (nSPS) is 15.1. The summed E-state index contributed by atoms with van der Waals surface area (Å²) in [4.78, 5) is 0. The molecule has 0 aromatic heterocycles. The molecule has 2 heteroatoms. The van der Waals surface area contributed by atoms with E-state index in [0.717, 1.165) is 6.42 Å². The average molecular weight is 122 g/mol. The maximum absolute atomic E-state index is 8.52. The summed E-state index contributed by atoms with van der Waals surface area (Å²) in [6.45, 7) is 3.72. The van der Waals surface area contributed by atoms with E-state index in [1.807, 2.05) is 13.0 Å². The zero-order valence-electron chi connectivity index (χ0n) is 5.81. The second kappa shape index (κ2) is 3.10. The highest BCUT2D eigenvalue weighted by molar-refractivity contribution is 4.99. The van der Waals surface area contributed by atoms with E-state index >= 15 is 0 Å². The summed E-state index contributed by atoms with van der Waals surface area (Å²) in [6, 6.07) is 4.09. The Kier molecular flexibility index (Phi) is 2.74. The van der Waals surface area contributed by atoms with E-state index in [0.29, 0.717) is 6.42 Å². The number of nitriles is 2. The minimum atomic E-state index is -0.422. The minimum Gasteiger partial charge on any atom is -0.198 e. The summed E-state index contributed by atoms with van der Waals surface area (Å²) in [6.07, 6.45) is 1.08. The second-order valence-corrected chi connectivity index (χ2v) is 2.36. The Balaban J connectivity index is 4.01. The summed E-state index contributed by atoms with van der Waals surface area (Å²) in [5, 5.41) is 16.8. The van der Waals surface area contributed by atoms with Gasteiger partial charge in [-0.2, -0.15) is 10.5 Å². The SMILES string of the molecule is CCC(C)(C#N)CC#N. The van der Waals surface area contributed by atoms with Crippen LogP contribution < -0.4 is 0 Å². The van der Waals surface area contributed by atoms with Gasteiger partial charge in [-0.15, -0.1) is 0 Å². The molecule has 0 rings (SSSR count). The summed E-state index contributed by atoms with van der Waals surface area (Å²) in [7, 11) is 0. The highest BCUT2D eigenvalue weighted by Crippen LogP contribution is 2.22. The molecule has 0 heterocycles. The molecule has 0 aromatic carbocycles. The van der Waals surface area contributed by atoms with Crippen molar-refractivity contribution >= 4 is 0 Å². The predicted octanol–water partition coefficient (Wildman–Crippen LogP) is 1.84. The Labute approximate surface area is 55.7 Å². The molecule has 0 amide bonds. The van der Waals surface area contributed by atoms with E-state index in [-0.39, 0.29) is 0 Å². The lowest BCUT2D eigenvalue weighted by Crippen LogP contribution is -2.10. The van der Waals surface area contributed by atoms with E-state index in [1.165, 1.54) is 0 Å². The summed E-state index contributed by atoms with van der Waals surface area (Å²) in [5.74, 6) is 0. The monoisotopic (exact) mass is 122 g/mol. The molecule has 0 fully saturated rings. The molecule has 0 aliphatic heterocycles. The van der Waals surface area contributed by atoms with E-state index in [1.54, 1.807) is 6.92 Å². The minimum absolute atomic E-state index is 0.333. The molecule has 0 aromatic rings. The molecule has 0 aliphatic rings. The first-order valence-corrected chi connectivity index (χ1v) is 2.96. The molecule has 0 N–H and O–H groups in total. The van der Waals surface area contributed by atoms with Gasteiger partial charge in [-0.3, -0.25) is 0 Å². The standard InChI is InChI=1S/C7H10N2/c1-3-7(2,6-9)4-5-8/h3-4H2,1-2H3. The molecule has 1 unspecified atom stereocenters. The van der Waals surface area contributed by atoms with Crippen molar-refractivity contribution in [2.24, 2.45) is 5.41 Å². The van der Waals surface area contributed by atoms with Gasteiger partial charge in [0, 0.05) is 0 Å². The number of nitrogens with zero attached hydrogens (tertiary/aromatic N) is 2. The van der Waals surface area contributed by atoms with Gasteiger partial charge < -0.3 is 0 Å². The van der Waals surface area contributed by atoms with Gasteiger partial charge in [-0.25, -0.2) is 0 Å². The van der Waals surface area contributed by atoms with Crippen LogP contribution in [0.2, 0.25) is 0 Å². The van der Waals surface area contributed by atoms with Gasteiger partial charge in [-0.1, -0.05) is 6.92 Å². The lowest BCUT2D eigenvalue weighted by molar-refractivity contribution is 0.436. The summed E-state index contributed by atoms with van der Waals surface area (Å²) in [5.41, 5.74) is -0.422. The Hall–Kier alpha value is -1.02. The van der Waals surface area contributed by atoms with E-state index in [2.05, 4.69) is 6.07 Å². The molecule has 0 spiro atoms. The third-order valence-corrected chi connectivity index (χ3v) is 1.52. The molecular weight excluding hydrogens is 112 g/mol. The van der Waals surface area contributed by atoms with Crippen LogP contribution in [0.1, 0.15) is 26.7 Å². The van der Waals surface area contributed by atoms with E-state index < -0.39 is 5.41 Å². The van der Waals surface area contributed by atoms with Crippen molar-refractivity contribution in [1.82, 2.24) is 0 Å². The van der Waals surface area contributed by atoms with Gasteiger partial charge in [0.05, 0.1) is 24.0 Å². The topological polar surface area (TPSA) is 47.6 Å². The molecule has 1 atom stereocenters. The highest BCUT2D eigenvalue weighted by Gasteiger charge is 2.19. The van der Waals surface area contributed by atoms with Gasteiger partial charge in [-0.05, 0) is 13.3 Å². The zero-order valence-corrected chi connectivity index (χ0v) is 5.81. The van der Waals surface area contributed by atoms with Crippen LogP contribution in [0.3, 0.4) is 0 Å². The summed E-state index contributed by atoms with van der Waals surface area (Å²) < 4.78 is 0. The van der Waals surface area contributed by atoms with Crippen LogP contribution in [0.4, 0.5) is 0 Å². The third kappa shape index (κ3) is 2.15. The van der Waals surface area contributed by atoms with Gasteiger partial charge in [0.15, 0.2) is 0 Å². The van der Waals surface area contributed by atoms with Crippen molar-refractivity contribution in [3.05, 3.63) is 0 Å². The fourth-order valence-corrected chi connectivity index (χ4v) is 0.418. The van der Waals surface area contributed by atoms with Crippen molar-refractivity contribution in [2.75, 3.05) is 0 Å². The number of rotatable bonds is 2. The average Bonchev–Trinajstić information content (AvgIpc) is 1.89. The maximum atomic E-state index is 8.52. The van der Waals surface area contributed by atoms with Crippen molar-refractivity contribution in [3.8, 4) is 12.1 Å². The van der Waals surface area contributed by atoms with Crippen LogP contribution in [-0.2, 0) is 0 Å². The van der Waals surface area contributed by atoms with Crippen LogP contribution >= 0.6 is 0 Å². The van der Waals surface area contributed by atoms with Crippen LogP contribution in [0, 0.1) is 28.1 Å². The van der Waals surface area contributed by atoms with Crippen LogP contribution in [0.5, 0.6) is 0 Å². The fraction of sp³-hybridized carbons (Fsp3) is 0.714. The molecule has 0 saturated heterocycles. The molecule has 0 saturated carbocycles. The lowest BCUT2D eigenvalue weighted by atomic mass is 9.87. The van der Waals surface area contributed by atoms with Crippen LogP contribution in [0.25, 0.3) is 0 Å². The Morgan fingerprint density at radius 3 is 2.11 bits per heavy atom. The molecule has 0 bridgehead atoms. The Morgan fingerprint density at radius 1 is 1.44 bits per heavy atom. The first-order valence-electron chi connectivity index (χ1n) is 2.96. The Morgan fingerprint density at radius 2 is 2.00 bits per heavy atom. The molecular formula is C7H10N2. The van der Waals surface area contributed by atoms with Gasteiger partial charge in [0.1, 0.15) is 0 Å². The first kappa shape index (κ1) is 7.98. The molecule has 2 nitrogen and oxygen atoms in total. The molecule has 0 aliphatic carbocycles. The van der Waals surface area contributed by atoms with Gasteiger partial charge >= 0.3 is 0 Å². The van der Waals surface area contributed by atoms with Crippen LogP contribution in [-0.4, -0.2) is 0 Å². The van der Waals surface area contributed by atoms with Gasteiger partial charge in [0.25, 0.3) is 0 Å². The predicted molar refractivity (Wildman–Crippen MR) is 34.2 cm³/mol. The van der Waals surface area contributed by atoms with Gasteiger partial charge in [0.2, 0.25) is 0 Å². The van der Waals surface area contributed by atoms with Crippen molar-refractivity contribution in [2.45, 2.75) is 26.7 Å². The lowest BCUT2D eigenvalue weighted by Gasteiger charge is -2.12. The number of hydrogen-bond donors (Lipinski definition) is 0. The second-order valence-electron chi connectivity index (χ2n) is 2.36. The molecule has 0 radical (unpaired) electrons. The largest absolute Gasteiger partial charge is 0.198 e. The van der Waals surface area contributed by atoms with Crippen molar-refractivity contribution in [1.29, 1.82) is 10.5 Å². The molecule has 9 heavy (non-hydrogen) atoms. The molecule has 48 valence electrons. The van der Waals surface area contributed by atoms with E-state index in [4.69, 9.17) is 10.5 Å². The van der Waals surface area contributed by atoms with Crippen LogP contribution in [0.15, 0.2) is 0 Å². The van der Waals surface area contributed by atoms with Crippen molar-refractivity contribution < 1.29 is 0 Å². The first-order chi connectivity index (χ1) is 4.18. The third-order valence-electron chi connectivity index (χ3n) is 1.52. The smallest absolute Gasteiger partial charge is 0.0697 e. The van der Waals surface area contributed by atoms with Crippen molar-refractivity contribution in [3.63, 3.8) is 0 Å². The number of hydrogen-bond acceptors (Lipinski definition) is 2. The van der Waals surface area contributed by atoms with E-state index in [9.17, 15) is 0 Å². The maximum Gasteiger partial charge on any atom is 0.0697 e. The zero-order chi connectivity index (χ0) is 7.33. The quantitative estimate of drug-likeness (QED) is 0.561.